The predicted molar refractivity (Wildman–Crippen MR) is 136 cm³/mol. The topological polar surface area (TPSA) is 119 Å². The van der Waals surface area contributed by atoms with Crippen LogP contribution in [-0.2, 0) is 16.2 Å². The molecule has 0 bridgehead atoms. The summed E-state index contributed by atoms with van der Waals surface area (Å²) in [5, 5.41) is 31.6. The zero-order valence-corrected chi connectivity index (χ0v) is 22.1. The molecule has 0 saturated heterocycles. The molecule has 1 spiro atoms. The fraction of sp³-hybridized carbons (Fsp3) is 0.556. The molecular formula is C27H33F3N2O6S. The second kappa shape index (κ2) is 10.6. The van der Waals surface area contributed by atoms with Crippen LogP contribution in [0.3, 0.4) is 0 Å². The molecule has 2 saturated carbocycles. The Morgan fingerprint density at radius 1 is 1.03 bits per heavy atom. The van der Waals surface area contributed by atoms with Crippen LogP contribution in [0, 0.1) is 11.3 Å². The first kappa shape index (κ1) is 28.3. The van der Waals surface area contributed by atoms with Gasteiger partial charge in [-0.1, -0.05) is 18.2 Å². The fourth-order valence-electron chi connectivity index (χ4n) is 5.65. The highest BCUT2D eigenvalue weighted by molar-refractivity contribution is 7.89. The summed E-state index contributed by atoms with van der Waals surface area (Å²) in [6, 6.07) is 8.80. The lowest BCUT2D eigenvalue weighted by atomic mass is 9.85. The van der Waals surface area contributed by atoms with Crippen molar-refractivity contribution in [2.75, 3.05) is 32.8 Å². The minimum Gasteiger partial charge on any atom is -0.492 e. The van der Waals surface area contributed by atoms with Gasteiger partial charge < -0.3 is 20.1 Å². The first-order valence-corrected chi connectivity index (χ1v) is 14.5. The molecule has 8 nitrogen and oxygen atoms in total. The number of nitrogens with one attached hydrogen (secondary N) is 1. The molecule has 3 aliphatic rings. The molecule has 1 heterocycles. The van der Waals surface area contributed by atoms with Gasteiger partial charge in [0.2, 0.25) is 10.0 Å². The normalized spacial score (nSPS) is 30.3. The lowest BCUT2D eigenvalue weighted by Gasteiger charge is -2.37. The number of hydrogen-bond donors (Lipinski definition) is 4. The van der Waals surface area contributed by atoms with Crippen molar-refractivity contribution in [1.82, 2.24) is 9.62 Å². The van der Waals surface area contributed by atoms with E-state index in [1.54, 1.807) is 0 Å². The number of β-amino-alcohol motifs (C(OH)–C–C–N with tert-alkyl or cyclic N) is 1. The number of hydrogen-bond acceptors (Lipinski definition) is 7. The molecule has 0 aromatic heterocycles. The number of halogens is 3. The highest BCUT2D eigenvalue weighted by atomic mass is 32.2. The van der Waals surface area contributed by atoms with Crippen LogP contribution in [0.4, 0.5) is 13.2 Å². The largest absolute Gasteiger partial charge is 0.492 e. The van der Waals surface area contributed by atoms with Crippen molar-refractivity contribution in [3.63, 3.8) is 0 Å². The summed E-state index contributed by atoms with van der Waals surface area (Å²) in [6.45, 7) is 1.07. The molecule has 2 aromatic rings. The van der Waals surface area contributed by atoms with E-state index < -0.39 is 45.5 Å². The van der Waals surface area contributed by atoms with E-state index >= 15 is 0 Å². The second-order valence-electron chi connectivity index (χ2n) is 11.2. The van der Waals surface area contributed by atoms with E-state index in [9.17, 15) is 36.9 Å². The molecule has 214 valence electrons. The lowest BCUT2D eigenvalue weighted by Crippen LogP contribution is -2.47. The monoisotopic (exact) mass is 570 g/mol. The third-order valence-corrected chi connectivity index (χ3v) is 9.23. The van der Waals surface area contributed by atoms with Gasteiger partial charge in [0.15, 0.2) is 0 Å². The van der Waals surface area contributed by atoms with E-state index in [1.807, 2.05) is 4.90 Å². The van der Waals surface area contributed by atoms with E-state index in [4.69, 9.17) is 4.74 Å². The van der Waals surface area contributed by atoms with Gasteiger partial charge in [-0.25, -0.2) is 13.1 Å². The third kappa shape index (κ3) is 6.58. The molecule has 0 amide bonds. The zero-order valence-electron chi connectivity index (χ0n) is 21.3. The van der Waals surface area contributed by atoms with Gasteiger partial charge in [-0.3, -0.25) is 4.90 Å². The molecule has 2 fully saturated rings. The summed E-state index contributed by atoms with van der Waals surface area (Å²) in [4.78, 5) is 1.84. The summed E-state index contributed by atoms with van der Waals surface area (Å²) in [6.07, 6.45) is -4.91. The number of ether oxygens (including phenoxy) is 1. The molecule has 5 rings (SSSR count). The van der Waals surface area contributed by atoms with E-state index in [1.165, 1.54) is 30.3 Å². The lowest BCUT2D eigenvalue weighted by molar-refractivity contribution is -0.137. The summed E-state index contributed by atoms with van der Waals surface area (Å²) < 4.78 is 75.0. The molecule has 4 N–H and O–H groups in total. The van der Waals surface area contributed by atoms with Crippen molar-refractivity contribution in [2.24, 2.45) is 11.3 Å². The molecule has 2 aromatic carbocycles. The zero-order chi connectivity index (χ0) is 28.0. The van der Waals surface area contributed by atoms with Gasteiger partial charge in [-0.15, -0.1) is 0 Å². The van der Waals surface area contributed by atoms with Crippen LogP contribution in [0.5, 0.6) is 5.75 Å². The Morgan fingerprint density at radius 2 is 1.72 bits per heavy atom. The Hall–Kier alpha value is -2.22. The standard InChI is InChI=1S/C27H33F3N2O6S/c28-27(29,30)20-3-1-2-18(8-20)19-6-7-25-24(9-19)38-16-26(10-22(34)23(35)11-26)15-32(13-17-4-5-17)14-21(33)12-31-39(25,36)37/h1-3,6-9,17,21-23,31,33-35H,4-5,10-16H2/t21-,22-,23+,26?/m0/s1. The van der Waals surface area contributed by atoms with Gasteiger partial charge >= 0.3 is 6.18 Å². The van der Waals surface area contributed by atoms with Crippen LogP contribution in [-0.4, -0.2) is 79.7 Å². The average Bonchev–Trinajstić information content (AvgIpc) is 3.64. The number of aliphatic hydroxyl groups is 3. The molecular weight excluding hydrogens is 537 g/mol. The first-order valence-electron chi connectivity index (χ1n) is 13.0. The average molecular weight is 571 g/mol. The highest BCUT2D eigenvalue weighted by Crippen LogP contribution is 2.42. The van der Waals surface area contributed by atoms with Gasteiger partial charge in [0.05, 0.1) is 30.5 Å². The first-order chi connectivity index (χ1) is 18.3. The number of rotatable bonds is 3. The molecule has 12 heteroatoms. The maximum absolute atomic E-state index is 13.3. The second-order valence-corrected chi connectivity index (χ2v) is 13.0. The van der Waals surface area contributed by atoms with E-state index in [-0.39, 0.29) is 48.7 Å². The van der Waals surface area contributed by atoms with Gasteiger partial charge in [0.1, 0.15) is 10.6 Å². The SMILES string of the molecule is O=S1(=O)NC[C@H](O)CN(CC2CC2)CC2(COc3cc(-c4cccc(C(F)(F)F)c4)ccc31)C[C@@H](O)[C@@H](O)C2. The van der Waals surface area contributed by atoms with Crippen LogP contribution in [0.15, 0.2) is 47.4 Å². The van der Waals surface area contributed by atoms with Gasteiger partial charge in [-0.05, 0) is 67.0 Å². The summed E-state index contributed by atoms with van der Waals surface area (Å²) in [5.41, 5.74) is -0.994. The number of sulfonamides is 1. The smallest absolute Gasteiger partial charge is 0.416 e. The Bertz CT molecular complexity index is 1290. The Labute approximate surface area is 225 Å². The maximum Gasteiger partial charge on any atom is 0.416 e. The molecule has 0 radical (unpaired) electrons. The van der Waals surface area contributed by atoms with E-state index in [0.29, 0.717) is 24.6 Å². The van der Waals surface area contributed by atoms with Crippen LogP contribution in [0.2, 0.25) is 0 Å². The van der Waals surface area contributed by atoms with Crippen LogP contribution in [0.25, 0.3) is 11.1 Å². The van der Waals surface area contributed by atoms with Crippen molar-refractivity contribution < 1.29 is 41.6 Å². The molecule has 1 unspecified atom stereocenters. The van der Waals surface area contributed by atoms with Gasteiger partial charge in [-0.2, -0.15) is 13.2 Å². The minimum atomic E-state index is -4.54. The fourth-order valence-corrected chi connectivity index (χ4v) is 6.85. The third-order valence-electron chi connectivity index (χ3n) is 7.77. The Morgan fingerprint density at radius 3 is 2.38 bits per heavy atom. The number of nitrogens with zero attached hydrogens (tertiary/aromatic N) is 1. The summed E-state index contributed by atoms with van der Waals surface area (Å²) >= 11 is 0. The number of alkyl halides is 3. The van der Waals surface area contributed by atoms with Gasteiger partial charge in [0.25, 0.3) is 0 Å². The van der Waals surface area contributed by atoms with Gasteiger partial charge in [0, 0.05) is 31.6 Å². The van der Waals surface area contributed by atoms with Crippen LogP contribution >= 0.6 is 0 Å². The van der Waals surface area contributed by atoms with Crippen LogP contribution < -0.4 is 9.46 Å². The van der Waals surface area contributed by atoms with E-state index in [2.05, 4.69) is 4.72 Å². The molecule has 2 aliphatic carbocycles. The van der Waals surface area contributed by atoms with Crippen molar-refractivity contribution >= 4 is 10.0 Å². The summed E-state index contributed by atoms with van der Waals surface area (Å²) in [7, 11) is -4.15. The number of fused-ring (bicyclic) bond motifs is 1. The molecule has 39 heavy (non-hydrogen) atoms. The van der Waals surface area contributed by atoms with Crippen molar-refractivity contribution in [3.05, 3.63) is 48.0 Å². The molecule has 4 atom stereocenters. The van der Waals surface area contributed by atoms with E-state index in [0.717, 1.165) is 25.0 Å². The van der Waals surface area contributed by atoms with Crippen molar-refractivity contribution in [1.29, 1.82) is 0 Å². The Kier molecular flexibility index (Phi) is 7.72. The highest BCUT2D eigenvalue weighted by Gasteiger charge is 2.47. The molecule has 1 aliphatic heterocycles. The van der Waals surface area contributed by atoms with Crippen molar-refractivity contribution in [2.45, 2.75) is 55.1 Å². The minimum absolute atomic E-state index is 0.0348. The quantitative estimate of drug-likeness (QED) is 0.448. The number of aliphatic hydroxyl groups excluding tert-OH is 3. The maximum atomic E-state index is 13.3. The Balaban J connectivity index is 1.53. The predicted octanol–water partition coefficient (Wildman–Crippen LogP) is 2.62. The van der Waals surface area contributed by atoms with Crippen LogP contribution in [0.1, 0.15) is 31.2 Å². The number of benzene rings is 2. The van der Waals surface area contributed by atoms with Crippen molar-refractivity contribution in [3.8, 4) is 16.9 Å². The summed E-state index contributed by atoms with van der Waals surface area (Å²) in [5.74, 6) is 0.420.